The summed E-state index contributed by atoms with van der Waals surface area (Å²) in [5.74, 6) is 2.32. The molecule has 1 radical (unpaired) electrons. The highest BCUT2D eigenvalue weighted by Crippen LogP contribution is 2.31. The zero-order chi connectivity index (χ0) is 22.9. The van der Waals surface area contributed by atoms with E-state index in [4.69, 9.17) is 24.5 Å². The third-order valence-electron chi connectivity index (χ3n) is 5.46. The van der Waals surface area contributed by atoms with Crippen molar-refractivity contribution in [2.75, 3.05) is 20.8 Å². The molecule has 1 aliphatic rings. The van der Waals surface area contributed by atoms with Crippen LogP contribution in [0.5, 0.6) is 11.5 Å². The Kier molecular flexibility index (Phi) is 7.77. The van der Waals surface area contributed by atoms with Gasteiger partial charge in [0.1, 0.15) is 5.84 Å². The number of rotatable bonds is 11. The van der Waals surface area contributed by atoms with Gasteiger partial charge < -0.3 is 14.2 Å². The number of hydrogen-bond donors (Lipinski definition) is 0. The molecule has 3 aromatic rings. The van der Waals surface area contributed by atoms with Gasteiger partial charge in [-0.15, -0.1) is 0 Å². The van der Waals surface area contributed by atoms with E-state index in [0.717, 1.165) is 64.7 Å². The first-order chi connectivity index (χ1) is 16.3. The van der Waals surface area contributed by atoms with Gasteiger partial charge in [-0.2, -0.15) is 0 Å². The Labute approximate surface area is 195 Å². The second-order valence-corrected chi connectivity index (χ2v) is 7.77. The van der Waals surface area contributed by atoms with Crippen LogP contribution in [0.15, 0.2) is 83.9 Å². The molecule has 0 aliphatic carbocycles. The van der Waals surface area contributed by atoms with Gasteiger partial charge in [0.25, 0.3) is 0 Å². The molecular weight excluding hydrogens is 412 g/mol. The predicted octanol–water partition coefficient (Wildman–Crippen LogP) is 5.93. The third-order valence-corrected chi connectivity index (χ3v) is 5.46. The molecular formula is C28H29N2O3. The molecule has 0 amide bonds. The highest BCUT2D eigenvalue weighted by atomic mass is 16.5. The van der Waals surface area contributed by atoms with Gasteiger partial charge in [0.2, 0.25) is 0 Å². The maximum atomic E-state index is 5.86. The van der Waals surface area contributed by atoms with Gasteiger partial charge in [0, 0.05) is 24.2 Å². The normalized spacial score (nSPS) is 13.0. The Hall–Kier alpha value is -3.57. The fraction of sp³-hybridized carbons (Fsp3) is 0.250. The Morgan fingerprint density at radius 3 is 2.03 bits per heavy atom. The van der Waals surface area contributed by atoms with Crippen LogP contribution in [0.2, 0.25) is 0 Å². The summed E-state index contributed by atoms with van der Waals surface area (Å²) >= 11 is 0. The molecule has 0 unspecified atom stereocenters. The van der Waals surface area contributed by atoms with E-state index < -0.39 is 0 Å². The van der Waals surface area contributed by atoms with Crippen molar-refractivity contribution in [3.05, 3.63) is 95.6 Å². The van der Waals surface area contributed by atoms with Gasteiger partial charge in [-0.1, -0.05) is 66.7 Å². The van der Waals surface area contributed by atoms with Crippen LogP contribution in [-0.4, -0.2) is 26.7 Å². The molecule has 0 fully saturated rings. The summed E-state index contributed by atoms with van der Waals surface area (Å²) in [5, 5.41) is 4.88. The van der Waals surface area contributed by atoms with E-state index in [9.17, 15) is 0 Å². The topological polar surface area (TPSA) is 54.2 Å². The van der Waals surface area contributed by atoms with E-state index in [1.165, 1.54) is 0 Å². The Morgan fingerprint density at radius 2 is 1.36 bits per heavy atom. The minimum absolute atomic E-state index is 0.545. The summed E-state index contributed by atoms with van der Waals surface area (Å²) in [7, 11) is 3.27. The van der Waals surface area contributed by atoms with Crippen LogP contribution in [0.3, 0.4) is 0 Å². The van der Waals surface area contributed by atoms with Gasteiger partial charge >= 0.3 is 0 Å². The summed E-state index contributed by atoms with van der Waals surface area (Å²) in [6.07, 6.45) is 2.74. The SMILES string of the molecule is COc1ccc(COCCCCC2=NC(c3ccccc3)=C(c3ccccc3)[N]2)cc1OC. The molecule has 0 bridgehead atoms. The third kappa shape index (κ3) is 5.82. The molecule has 0 N–H and O–H groups in total. The number of hydrogen-bond acceptors (Lipinski definition) is 4. The van der Waals surface area contributed by atoms with Crippen molar-refractivity contribution in [1.82, 2.24) is 5.32 Å². The van der Waals surface area contributed by atoms with Crippen molar-refractivity contribution in [2.45, 2.75) is 25.9 Å². The van der Waals surface area contributed by atoms with Gasteiger partial charge in [0.05, 0.1) is 32.2 Å². The average Bonchev–Trinajstić information content (AvgIpc) is 3.31. The maximum Gasteiger partial charge on any atom is 0.161 e. The number of unbranched alkanes of at least 4 members (excludes halogenated alkanes) is 1. The number of benzene rings is 3. The number of aliphatic imine (C=N–C) groups is 1. The van der Waals surface area contributed by atoms with Crippen LogP contribution >= 0.6 is 0 Å². The van der Waals surface area contributed by atoms with E-state index in [1.807, 2.05) is 54.6 Å². The Balaban J connectivity index is 1.28. The zero-order valence-electron chi connectivity index (χ0n) is 19.2. The first-order valence-electron chi connectivity index (χ1n) is 11.2. The second-order valence-electron chi connectivity index (χ2n) is 7.77. The highest BCUT2D eigenvalue weighted by molar-refractivity contribution is 6.07. The molecule has 0 aromatic heterocycles. The van der Waals surface area contributed by atoms with Crippen LogP contribution < -0.4 is 14.8 Å². The van der Waals surface area contributed by atoms with Crippen LogP contribution in [-0.2, 0) is 11.3 Å². The minimum atomic E-state index is 0.545. The Bertz CT molecular complexity index is 1110. The molecule has 5 nitrogen and oxygen atoms in total. The van der Waals surface area contributed by atoms with Crippen molar-refractivity contribution in [3.8, 4) is 11.5 Å². The first kappa shape index (κ1) is 22.6. The lowest BCUT2D eigenvalue weighted by Gasteiger charge is -2.10. The van der Waals surface area contributed by atoms with E-state index in [0.29, 0.717) is 13.2 Å². The maximum absolute atomic E-state index is 5.86. The van der Waals surface area contributed by atoms with Crippen molar-refractivity contribution >= 4 is 17.2 Å². The summed E-state index contributed by atoms with van der Waals surface area (Å²) in [6.45, 7) is 1.23. The smallest absolute Gasteiger partial charge is 0.161 e. The average molecular weight is 442 g/mol. The van der Waals surface area contributed by atoms with Crippen LogP contribution in [0.4, 0.5) is 0 Å². The number of amidine groups is 1. The van der Waals surface area contributed by atoms with Crippen LogP contribution in [0.25, 0.3) is 11.4 Å². The van der Waals surface area contributed by atoms with Crippen molar-refractivity contribution in [3.63, 3.8) is 0 Å². The zero-order valence-corrected chi connectivity index (χ0v) is 19.2. The molecule has 0 atom stereocenters. The summed E-state index contributed by atoms with van der Waals surface area (Å²) in [5.41, 5.74) is 5.14. The second kappa shape index (κ2) is 11.3. The van der Waals surface area contributed by atoms with Gasteiger partial charge in [-0.05, 0) is 30.5 Å². The fourth-order valence-corrected chi connectivity index (χ4v) is 3.74. The lowest BCUT2D eigenvalue weighted by molar-refractivity contribution is 0.117. The van der Waals surface area contributed by atoms with E-state index in [2.05, 4.69) is 24.3 Å². The number of ether oxygens (including phenoxy) is 3. The monoisotopic (exact) mass is 441 g/mol. The molecule has 5 heteroatoms. The number of methoxy groups -OCH3 is 2. The molecule has 169 valence electrons. The fourth-order valence-electron chi connectivity index (χ4n) is 3.74. The molecule has 1 aliphatic heterocycles. The van der Waals surface area contributed by atoms with Crippen molar-refractivity contribution in [2.24, 2.45) is 4.99 Å². The first-order valence-corrected chi connectivity index (χ1v) is 11.2. The van der Waals surface area contributed by atoms with E-state index >= 15 is 0 Å². The lowest BCUT2D eigenvalue weighted by atomic mass is 10.1. The van der Waals surface area contributed by atoms with E-state index in [1.54, 1.807) is 14.2 Å². The molecule has 1 heterocycles. The van der Waals surface area contributed by atoms with E-state index in [-0.39, 0.29) is 0 Å². The van der Waals surface area contributed by atoms with Crippen molar-refractivity contribution < 1.29 is 14.2 Å². The lowest BCUT2D eigenvalue weighted by Crippen LogP contribution is -2.10. The van der Waals surface area contributed by atoms with Crippen LogP contribution in [0, 0.1) is 0 Å². The summed E-state index contributed by atoms with van der Waals surface area (Å²) in [6, 6.07) is 26.4. The standard InChI is InChI=1S/C28H29N2O3/c1-31-24-17-16-21(19-25(24)32-2)20-33-18-10-9-15-26-29-27(22-11-5-3-6-12-22)28(30-26)23-13-7-4-8-14-23/h3-8,11-14,16-17,19H,9-10,15,18,20H2,1-2H3. The molecule has 0 saturated heterocycles. The molecule has 4 rings (SSSR count). The quantitative estimate of drug-likeness (QED) is 0.346. The molecule has 33 heavy (non-hydrogen) atoms. The van der Waals surface area contributed by atoms with Crippen LogP contribution in [0.1, 0.15) is 36.0 Å². The van der Waals surface area contributed by atoms with Crippen molar-refractivity contribution in [1.29, 1.82) is 0 Å². The molecule has 0 spiro atoms. The van der Waals surface area contributed by atoms with Gasteiger partial charge in [0.15, 0.2) is 11.5 Å². The minimum Gasteiger partial charge on any atom is -0.493 e. The van der Waals surface area contributed by atoms with Gasteiger partial charge in [-0.25, -0.2) is 10.3 Å². The molecule has 3 aromatic carbocycles. The van der Waals surface area contributed by atoms with Gasteiger partial charge in [-0.3, -0.25) is 0 Å². The Morgan fingerprint density at radius 1 is 0.697 bits per heavy atom. The number of nitrogens with zero attached hydrogens (tertiary/aromatic N) is 2. The molecule has 0 saturated carbocycles. The predicted molar refractivity (Wildman–Crippen MR) is 132 cm³/mol. The summed E-state index contributed by atoms with van der Waals surface area (Å²) in [4.78, 5) is 4.88. The summed E-state index contributed by atoms with van der Waals surface area (Å²) < 4.78 is 16.5. The largest absolute Gasteiger partial charge is 0.493 e. The highest BCUT2D eigenvalue weighted by Gasteiger charge is 2.21.